The van der Waals surface area contributed by atoms with Gasteiger partial charge in [0.25, 0.3) is 8.99 Å². The molecule has 4 heavy (non-hydrogen) atoms. The Morgan fingerprint density at radius 2 is 2.25 bits per heavy atom. The molecule has 0 bridgehead atoms. The summed E-state index contributed by atoms with van der Waals surface area (Å²) in [5.74, 6) is 0. The first-order chi connectivity index (χ1) is 1.91. The number of rotatable bonds is 1. The van der Waals surface area contributed by atoms with E-state index in [-0.39, 0.29) is 0 Å². The summed E-state index contributed by atoms with van der Waals surface area (Å²) in [7, 11) is -0.812. The molecule has 0 fully saturated rings. The topological polar surface area (TPSA) is 36.2 Å². The molecule has 0 heterocycles. The molecule has 0 aromatic rings. The lowest BCUT2D eigenvalue weighted by Gasteiger charge is -1.53. The van der Waals surface area contributed by atoms with Gasteiger partial charge in [0.05, 0.1) is 0 Å². The van der Waals surface area contributed by atoms with Gasteiger partial charge in [0, 0.05) is 0 Å². The average Bonchev–Trinajstić information content (AvgIpc) is 1.37. The quantitative estimate of drug-likeness (QED) is 0.275. The van der Waals surface area contributed by atoms with Crippen LogP contribution in [0.4, 0.5) is 0 Å². The highest BCUT2D eigenvalue weighted by Crippen LogP contribution is 1.61. The molecule has 2 nitrogen and oxygen atoms in total. The molecule has 0 rings (SSSR count). The number of hydrogen-bond acceptors (Lipinski definition) is 2. The second-order valence-corrected chi connectivity index (χ2v) is 1.55. The van der Waals surface area contributed by atoms with Crippen molar-refractivity contribution in [2.75, 3.05) is 0 Å². The fourth-order valence-electron chi connectivity index (χ4n) is 0. The van der Waals surface area contributed by atoms with Crippen molar-refractivity contribution in [3.63, 3.8) is 0 Å². The molecule has 0 saturated carbocycles. The maximum absolute atomic E-state index is 6.01. The molecule has 24 valence electrons. The zero-order valence-corrected chi connectivity index (χ0v) is 4.20. The van der Waals surface area contributed by atoms with E-state index in [1.165, 1.54) is 0 Å². The first-order valence-corrected chi connectivity index (χ1v) is 3.58. The van der Waals surface area contributed by atoms with E-state index in [9.17, 15) is 0 Å². The third-order valence-electron chi connectivity index (χ3n) is 0.0598. The van der Waals surface area contributed by atoms with Crippen LogP contribution in [-0.2, 0) is 0 Å². The molecule has 0 amide bonds. The van der Waals surface area contributed by atoms with Gasteiger partial charge in [-0.2, -0.15) is 0 Å². The minimum Gasteiger partial charge on any atom is -0.230 e. The van der Waals surface area contributed by atoms with Crippen LogP contribution in [0.1, 0.15) is 0 Å². The predicted molar refractivity (Wildman–Crippen MR) is 19.5 cm³/mol. The second-order valence-electron chi connectivity index (χ2n) is 0.278. The van der Waals surface area contributed by atoms with Gasteiger partial charge in [-0.3, -0.25) is 0 Å². The lowest BCUT2D eigenvalue weighted by atomic mass is 13.3. The third kappa shape index (κ3) is 2.11. The lowest BCUT2D eigenvalue weighted by molar-refractivity contribution is 1.24. The second kappa shape index (κ2) is 3.11. The highest BCUT2D eigenvalue weighted by Gasteiger charge is 1.54. The van der Waals surface area contributed by atoms with Crippen molar-refractivity contribution in [1.29, 1.82) is 5.53 Å². The Labute approximate surface area is 31.3 Å². The summed E-state index contributed by atoms with van der Waals surface area (Å²) in [5, 5.41) is 0. The maximum Gasteiger partial charge on any atom is 0.273 e. The standard InChI is InChI=1S/ClH3N2Si/c1-4-3-2/h2H,4H2. The van der Waals surface area contributed by atoms with Crippen LogP contribution in [0.3, 0.4) is 0 Å². The number of nitrogens with one attached hydrogen (secondary N) is 1. The van der Waals surface area contributed by atoms with Crippen LogP contribution in [-0.4, -0.2) is 8.99 Å². The van der Waals surface area contributed by atoms with Crippen LogP contribution < -0.4 is 0 Å². The number of hydrogen-bond donors (Lipinski definition) is 1. The van der Waals surface area contributed by atoms with Crippen LogP contribution in [0, 0.1) is 5.53 Å². The molecule has 1 N–H and O–H groups in total. The van der Waals surface area contributed by atoms with Gasteiger partial charge in [-0.05, 0) is 0 Å². The SMILES string of the molecule is N=N[SiH2]Cl. The summed E-state index contributed by atoms with van der Waals surface area (Å²) < 4.78 is 2.89. The summed E-state index contributed by atoms with van der Waals surface area (Å²) in [6.45, 7) is 0. The van der Waals surface area contributed by atoms with Gasteiger partial charge >= 0.3 is 0 Å². The molecule has 0 radical (unpaired) electrons. The first-order valence-electron chi connectivity index (χ1n) is 0.807. The van der Waals surface area contributed by atoms with E-state index in [0.717, 1.165) is 0 Å². The van der Waals surface area contributed by atoms with Crippen molar-refractivity contribution in [3.05, 3.63) is 0 Å². The van der Waals surface area contributed by atoms with Crippen molar-refractivity contribution < 1.29 is 0 Å². The van der Waals surface area contributed by atoms with E-state index < -0.39 is 8.99 Å². The zero-order valence-electron chi connectivity index (χ0n) is 2.03. The molecule has 0 aliphatic carbocycles. The van der Waals surface area contributed by atoms with Crippen molar-refractivity contribution >= 4 is 20.1 Å². The minimum absolute atomic E-state index is 0.812. The normalized spacial score (nSPS) is 9.25. The van der Waals surface area contributed by atoms with E-state index in [0.29, 0.717) is 0 Å². The van der Waals surface area contributed by atoms with Gasteiger partial charge in [0.1, 0.15) is 0 Å². The Balaban J connectivity index is 2.30. The van der Waals surface area contributed by atoms with Crippen molar-refractivity contribution in [3.8, 4) is 0 Å². The van der Waals surface area contributed by atoms with Crippen molar-refractivity contribution in [1.82, 2.24) is 0 Å². The molecule has 0 aromatic carbocycles. The smallest absolute Gasteiger partial charge is 0.230 e. The van der Waals surface area contributed by atoms with Gasteiger partial charge in [-0.25, -0.2) is 10.3 Å². The van der Waals surface area contributed by atoms with Gasteiger partial charge in [-0.1, -0.05) is 0 Å². The van der Waals surface area contributed by atoms with Crippen molar-refractivity contribution in [2.24, 2.45) is 4.78 Å². The molecular weight excluding hydrogens is 91.6 g/mol. The summed E-state index contributed by atoms with van der Waals surface area (Å²) in [4.78, 5) is 0. The van der Waals surface area contributed by atoms with Gasteiger partial charge in [-0.15, -0.1) is 11.1 Å². The van der Waals surface area contributed by atoms with Crippen LogP contribution in [0.25, 0.3) is 0 Å². The van der Waals surface area contributed by atoms with Gasteiger partial charge in [0.15, 0.2) is 0 Å². The molecule has 0 aliphatic rings. The Morgan fingerprint density at radius 3 is 2.25 bits per heavy atom. The van der Waals surface area contributed by atoms with Crippen LogP contribution in [0.5, 0.6) is 0 Å². The van der Waals surface area contributed by atoms with E-state index in [1.807, 2.05) is 0 Å². The molecule has 0 aliphatic heterocycles. The molecular formula is H3ClN2Si. The van der Waals surface area contributed by atoms with E-state index in [2.05, 4.69) is 4.78 Å². The third-order valence-corrected chi connectivity index (χ3v) is 0.538. The zero-order chi connectivity index (χ0) is 3.41. The highest BCUT2D eigenvalue weighted by molar-refractivity contribution is 6.92. The minimum atomic E-state index is -0.812. The van der Waals surface area contributed by atoms with E-state index in [1.54, 1.807) is 0 Å². The maximum atomic E-state index is 6.01. The molecule has 0 atom stereocenters. The summed E-state index contributed by atoms with van der Waals surface area (Å²) in [6, 6.07) is 0. The largest absolute Gasteiger partial charge is 0.273 e. The molecule has 0 unspecified atom stereocenters. The average molecular weight is 94.6 g/mol. The number of nitrogens with zero attached hydrogens (tertiary/aromatic N) is 1. The van der Waals surface area contributed by atoms with E-state index in [4.69, 9.17) is 16.6 Å². The monoisotopic (exact) mass is 94.0 g/mol. The Morgan fingerprint density at radius 1 is 2.00 bits per heavy atom. The predicted octanol–water partition coefficient (Wildman–Crippen LogP) is 0.255. The Kier molecular flexibility index (Phi) is 3.19. The van der Waals surface area contributed by atoms with Crippen LogP contribution in [0.2, 0.25) is 0 Å². The Bertz CT molecular complexity index is 20.0. The first kappa shape index (κ1) is 4.11. The molecule has 4 heteroatoms. The van der Waals surface area contributed by atoms with Crippen molar-refractivity contribution in [2.45, 2.75) is 0 Å². The summed E-state index contributed by atoms with van der Waals surface area (Å²) >= 11 is 4.97. The lowest BCUT2D eigenvalue weighted by Crippen LogP contribution is -1.54. The van der Waals surface area contributed by atoms with Crippen LogP contribution in [0.15, 0.2) is 4.78 Å². The molecule has 0 aromatic heterocycles. The molecule has 0 saturated heterocycles. The summed E-state index contributed by atoms with van der Waals surface area (Å²) in [5.41, 5.74) is 6.01. The Hall–Kier alpha value is 0.107. The fourth-order valence-corrected chi connectivity index (χ4v) is 0. The fraction of sp³-hybridized carbons (Fsp3) is 0. The number of halogens is 1. The summed E-state index contributed by atoms with van der Waals surface area (Å²) in [6.07, 6.45) is 0. The van der Waals surface area contributed by atoms with Crippen LogP contribution >= 0.6 is 11.1 Å². The van der Waals surface area contributed by atoms with Gasteiger partial charge < -0.3 is 0 Å². The highest BCUT2D eigenvalue weighted by atomic mass is 35.6. The van der Waals surface area contributed by atoms with E-state index >= 15 is 0 Å². The molecule has 0 spiro atoms. The van der Waals surface area contributed by atoms with Gasteiger partial charge in [0.2, 0.25) is 0 Å².